The van der Waals surface area contributed by atoms with E-state index in [1.54, 1.807) is 0 Å². The number of esters is 3. The highest BCUT2D eigenvalue weighted by molar-refractivity contribution is 6.29. The molecule has 0 amide bonds. The quantitative estimate of drug-likeness (QED) is 0.309. The van der Waals surface area contributed by atoms with Crippen molar-refractivity contribution in [3.63, 3.8) is 0 Å². The largest absolute Gasteiger partial charge is 0.469 e. The lowest BCUT2D eigenvalue weighted by Crippen LogP contribution is -2.22. The van der Waals surface area contributed by atoms with Gasteiger partial charge in [-0.05, 0) is 6.42 Å². The second kappa shape index (κ2) is 6.33. The van der Waals surface area contributed by atoms with Crippen molar-refractivity contribution >= 4 is 17.9 Å². The van der Waals surface area contributed by atoms with E-state index in [-0.39, 0.29) is 6.42 Å². The summed E-state index contributed by atoms with van der Waals surface area (Å²) in [6.07, 6.45) is -0.0490. The van der Waals surface area contributed by atoms with Crippen molar-refractivity contribution in [1.82, 2.24) is 0 Å². The van der Waals surface area contributed by atoms with E-state index in [4.69, 9.17) is 4.74 Å². The molecule has 1 saturated carbocycles. The minimum atomic E-state index is -1.20. The van der Waals surface area contributed by atoms with Crippen molar-refractivity contribution in [2.24, 2.45) is 11.8 Å². The summed E-state index contributed by atoms with van der Waals surface area (Å²) in [6.45, 7) is 3.47. The van der Waals surface area contributed by atoms with Crippen LogP contribution in [0, 0.1) is 11.8 Å². The Balaban J connectivity index is 2.69. The first kappa shape index (κ1) is 15.2. The molecule has 19 heavy (non-hydrogen) atoms. The summed E-state index contributed by atoms with van der Waals surface area (Å²) in [5.41, 5.74) is 0. The zero-order chi connectivity index (χ0) is 14.6. The van der Waals surface area contributed by atoms with Gasteiger partial charge in [-0.15, -0.1) is 6.58 Å². The molecule has 4 atom stereocenters. The molecule has 0 heterocycles. The number of carbonyl (C=O) groups is 3. The summed E-state index contributed by atoms with van der Waals surface area (Å²) in [5, 5.41) is 9.80. The molecule has 0 aromatic heterocycles. The van der Waals surface area contributed by atoms with Crippen molar-refractivity contribution < 1.29 is 33.7 Å². The van der Waals surface area contributed by atoms with Gasteiger partial charge >= 0.3 is 17.9 Å². The van der Waals surface area contributed by atoms with Gasteiger partial charge in [0.15, 0.2) is 0 Å². The van der Waals surface area contributed by atoms with E-state index < -0.39 is 42.0 Å². The van der Waals surface area contributed by atoms with Gasteiger partial charge in [0.05, 0.1) is 20.3 Å². The Kier molecular flexibility index (Phi) is 5.05. The van der Waals surface area contributed by atoms with Gasteiger partial charge in [0.25, 0.3) is 0 Å². The van der Waals surface area contributed by atoms with Crippen LogP contribution in [0.5, 0.6) is 0 Å². The summed E-state index contributed by atoms with van der Waals surface area (Å²) in [7, 11) is 2.23. The zero-order valence-corrected chi connectivity index (χ0v) is 10.7. The van der Waals surface area contributed by atoms with Crippen LogP contribution in [0.1, 0.15) is 6.42 Å². The van der Waals surface area contributed by atoms with Gasteiger partial charge in [-0.25, -0.2) is 9.59 Å². The maximum Gasteiger partial charge on any atom is 0.417 e. The van der Waals surface area contributed by atoms with Crippen molar-refractivity contribution in [1.29, 1.82) is 0 Å². The van der Waals surface area contributed by atoms with Crippen molar-refractivity contribution in [3.05, 3.63) is 12.7 Å². The molecule has 7 heteroatoms. The summed E-state index contributed by atoms with van der Waals surface area (Å²) in [6, 6.07) is 0. The highest BCUT2D eigenvalue weighted by atomic mass is 16.6. The normalized spacial score (nSPS) is 25.9. The number of hydrogen-bond donors (Lipinski definition) is 1. The standard InChI is InChI=1S/C12H16O7/c1-4-5-6(13)7-8(10(14)17-2)9(7)19-12(16)11(15)18-3/h4,6-9,13H,1,5H2,2-3H3/t6-,7+,8+,9+/m1/s1. The number of ether oxygens (including phenoxy) is 3. The molecular weight excluding hydrogens is 256 g/mol. The molecule has 0 unspecified atom stereocenters. The summed E-state index contributed by atoms with van der Waals surface area (Å²) >= 11 is 0. The summed E-state index contributed by atoms with van der Waals surface area (Å²) < 4.78 is 13.6. The van der Waals surface area contributed by atoms with E-state index >= 15 is 0 Å². The van der Waals surface area contributed by atoms with E-state index in [0.717, 1.165) is 7.11 Å². The summed E-state index contributed by atoms with van der Waals surface area (Å²) in [5.74, 6) is -4.33. The third-order valence-corrected chi connectivity index (χ3v) is 2.93. The Labute approximate surface area is 110 Å². The fourth-order valence-corrected chi connectivity index (χ4v) is 1.93. The van der Waals surface area contributed by atoms with Crippen LogP contribution in [0.25, 0.3) is 0 Å². The number of methoxy groups -OCH3 is 2. The van der Waals surface area contributed by atoms with Gasteiger partial charge in [-0.2, -0.15) is 0 Å². The lowest BCUT2D eigenvalue weighted by atomic mass is 10.1. The molecule has 0 spiro atoms. The topological polar surface area (TPSA) is 99.1 Å². The van der Waals surface area contributed by atoms with Gasteiger partial charge in [0.2, 0.25) is 0 Å². The molecule has 1 aliphatic carbocycles. The SMILES string of the molecule is C=CC[C@@H](O)[C@@H]1[C@H](OC(=O)C(=O)OC)[C@H]1C(=O)OC. The Bertz CT molecular complexity index is 390. The molecule has 106 valence electrons. The second-order valence-corrected chi connectivity index (χ2v) is 4.08. The minimum Gasteiger partial charge on any atom is -0.469 e. The molecule has 0 radical (unpaired) electrons. The highest BCUT2D eigenvalue weighted by Crippen LogP contribution is 2.46. The Morgan fingerprint density at radius 3 is 2.37 bits per heavy atom. The van der Waals surface area contributed by atoms with Gasteiger partial charge in [0, 0.05) is 5.92 Å². The monoisotopic (exact) mass is 272 g/mol. The average Bonchev–Trinajstić information content (AvgIpc) is 3.10. The average molecular weight is 272 g/mol. The molecule has 1 aliphatic rings. The van der Waals surface area contributed by atoms with Crippen LogP contribution in [0.15, 0.2) is 12.7 Å². The highest BCUT2D eigenvalue weighted by Gasteiger charge is 2.62. The van der Waals surface area contributed by atoms with Crippen LogP contribution in [0.4, 0.5) is 0 Å². The molecule has 1 N–H and O–H groups in total. The molecule has 0 aromatic rings. The van der Waals surface area contributed by atoms with E-state index in [0.29, 0.717) is 0 Å². The zero-order valence-electron chi connectivity index (χ0n) is 10.7. The fraction of sp³-hybridized carbons (Fsp3) is 0.583. The van der Waals surface area contributed by atoms with Gasteiger partial charge in [-0.3, -0.25) is 4.79 Å². The predicted molar refractivity (Wildman–Crippen MR) is 61.7 cm³/mol. The third-order valence-electron chi connectivity index (χ3n) is 2.93. The third kappa shape index (κ3) is 3.31. The van der Waals surface area contributed by atoms with E-state index in [1.807, 2.05) is 0 Å². The number of aliphatic hydroxyl groups is 1. The van der Waals surface area contributed by atoms with Gasteiger partial charge in [-0.1, -0.05) is 6.08 Å². The first-order valence-electron chi connectivity index (χ1n) is 5.63. The van der Waals surface area contributed by atoms with Crippen molar-refractivity contribution in [2.75, 3.05) is 14.2 Å². The Morgan fingerprint density at radius 1 is 1.26 bits per heavy atom. The first-order valence-corrected chi connectivity index (χ1v) is 5.63. The van der Waals surface area contributed by atoms with E-state index in [1.165, 1.54) is 13.2 Å². The maximum atomic E-state index is 11.5. The molecule has 1 rings (SSSR count). The van der Waals surface area contributed by atoms with E-state index in [2.05, 4.69) is 16.1 Å². The Morgan fingerprint density at radius 2 is 1.89 bits per heavy atom. The number of aliphatic hydroxyl groups excluding tert-OH is 1. The van der Waals surface area contributed by atoms with Gasteiger partial charge < -0.3 is 19.3 Å². The molecule has 7 nitrogen and oxygen atoms in total. The second-order valence-electron chi connectivity index (χ2n) is 4.08. The van der Waals surface area contributed by atoms with Crippen LogP contribution in [0.2, 0.25) is 0 Å². The molecular formula is C12H16O7. The van der Waals surface area contributed by atoms with Gasteiger partial charge in [0.1, 0.15) is 12.0 Å². The molecule has 0 aromatic carbocycles. The van der Waals surface area contributed by atoms with Crippen LogP contribution >= 0.6 is 0 Å². The lowest BCUT2D eigenvalue weighted by Gasteiger charge is -2.06. The van der Waals surface area contributed by atoms with Crippen LogP contribution < -0.4 is 0 Å². The Hall–Kier alpha value is -1.89. The van der Waals surface area contributed by atoms with Crippen LogP contribution in [0.3, 0.4) is 0 Å². The minimum absolute atomic E-state index is 0.241. The number of rotatable bonds is 5. The maximum absolute atomic E-state index is 11.5. The number of hydrogen-bond acceptors (Lipinski definition) is 7. The van der Waals surface area contributed by atoms with Crippen LogP contribution in [-0.4, -0.2) is 49.4 Å². The smallest absolute Gasteiger partial charge is 0.417 e. The van der Waals surface area contributed by atoms with Crippen molar-refractivity contribution in [3.8, 4) is 0 Å². The molecule has 0 saturated heterocycles. The molecule has 1 fully saturated rings. The first-order chi connectivity index (χ1) is 8.97. The lowest BCUT2D eigenvalue weighted by molar-refractivity contribution is -0.167. The number of carbonyl (C=O) groups excluding carboxylic acids is 3. The molecule has 0 bridgehead atoms. The molecule has 0 aliphatic heterocycles. The predicted octanol–water partition coefficient (Wildman–Crippen LogP) is -0.573. The van der Waals surface area contributed by atoms with Crippen molar-refractivity contribution in [2.45, 2.75) is 18.6 Å². The van der Waals surface area contributed by atoms with Crippen LogP contribution in [-0.2, 0) is 28.6 Å². The fourth-order valence-electron chi connectivity index (χ4n) is 1.93. The van der Waals surface area contributed by atoms with E-state index in [9.17, 15) is 19.5 Å². The summed E-state index contributed by atoms with van der Waals surface area (Å²) in [4.78, 5) is 33.6.